The molecule has 0 bridgehead atoms. The Labute approximate surface area is 112 Å². The van der Waals surface area contributed by atoms with Gasteiger partial charge in [0.1, 0.15) is 0 Å². The van der Waals surface area contributed by atoms with Crippen molar-refractivity contribution in [2.75, 3.05) is 0 Å². The van der Waals surface area contributed by atoms with Gasteiger partial charge in [0.25, 0.3) is 0 Å². The van der Waals surface area contributed by atoms with Crippen LogP contribution < -0.4 is 0 Å². The first-order chi connectivity index (χ1) is 9.25. The second kappa shape index (κ2) is 4.88. The smallest absolute Gasteiger partial charge is 0.335 e. The van der Waals surface area contributed by atoms with Crippen molar-refractivity contribution in [3.05, 3.63) is 70.8 Å². The van der Waals surface area contributed by atoms with E-state index in [1.807, 2.05) is 12.1 Å². The van der Waals surface area contributed by atoms with Gasteiger partial charge in [0.05, 0.1) is 5.56 Å². The first-order valence-corrected chi connectivity index (χ1v) is 6.67. The maximum absolute atomic E-state index is 10.9. The van der Waals surface area contributed by atoms with E-state index in [9.17, 15) is 4.79 Å². The van der Waals surface area contributed by atoms with Crippen molar-refractivity contribution in [2.24, 2.45) is 0 Å². The summed E-state index contributed by atoms with van der Waals surface area (Å²) in [5.41, 5.74) is 4.41. The second-order valence-corrected chi connectivity index (χ2v) is 5.07. The van der Waals surface area contributed by atoms with Crippen molar-refractivity contribution in [1.29, 1.82) is 0 Å². The Bertz CT molecular complexity index is 599. The number of hydrogen-bond donors (Lipinski definition) is 1. The molecule has 96 valence electrons. The molecule has 0 saturated carbocycles. The molecule has 1 unspecified atom stereocenters. The average molecular weight is 252 g/mol. The topological polar surface area (TPSA) is 37.3 Å². The number of benzene rings is 2. The lowest BCUT2D eigenvalue weighted by molar-refractivity contribution is 0.0697. The van der Waals surface area contributed by atoms with Crippen molar-refractivity contribution < 1.29 is 9.90 Å². The minimum Gasteiger partial charge on any atom is -0.478 e. The van der Waals surface area contributed by atoms with E-state index >= 15 is 0 Å². The number of hydrogen-bond acceptors (Lipinski definition) is 1. The van der Waals surface area contributed by atoms with Crippen LogP contribution in [0.15, 0.2) is 48.5 Å². The summed E-state index contributed by atoms with van der Waals surface area (Å²) >= 11 is 0. The molecule has 0 amide bonds. The van der Waals surface area contributed by atoms with Crippen LogP contribution in [0.25, 0.3) is 0 Å². The molecule has 0 aromatic heterocycles. The van der Waals surface area contributed by atoms with Crippen LogP contribution in [-0.4, -0.2) is 11.1 Å². The molecule has 0 spiro atoms. The molecule has 2 nitrogen and oxygen atoms in total. The van der Waals surface area contributed by atoms with Gasteiger partial charge in [0, 0.05) is 5.92 Å². The van der Waals surface area contributed by atoms with Gasteiger partial charge in [-0.3, -0.25) is 0 Å². The number of carboxylic acid groups (broad SMARTS) is 1. The van der Waals surface area contributed by atoms with Crippen molar-refractivity contribution in [3.63, 3.8) is 0 Å². The van der Waals surface area contributed by atoms with Crippen LogP contribution in [0.1, 0.15) is 45.8 Å². The van der Waals surface area contributed by atoms with Gasteiger partial charge in [-0.05, 0) is 48.1 Å². The highest BCUT2D eigenvalue weighted by atomic mass is 16.4. The SMILES string of the molecule is O=C(O)c1ccc(C2CCCc3ccccc32)cc1. The highest BCUT2D eigenvalue weighted by molar-refractivity contribution is 5.87. The molecular weight excluding hydrogens is 236 g/mol. The molecule has 0 fully saturated rings. The predicted octanol–water partition coefficient (Wildman–Crippen LogP) is 3.85. The molecule has 2 aromatic carbocycles. The number of aromatic carboxylic acids is 1. The molecule has 2 aromatic rings. The van der Waals surface area contributed by atoms with Crippen LogP contribution in [0.4, 0.5) is 0 Å². The van der Waals surface area contributed by atoms with Crippen molar-refractivity contribution in [3.8, 4) is 0 Å². The van der Waals surface area contributed by atoms with Gasteiger partial charge < -0.3 is 5.11 Å². The van der Waals surface area contributed by atoms with E-state index in [1.54, 1.807) is 12.1 Å². The molecule has 3 rings (SSSR count). The first kappa shape index (κ1) is 12.0. The van der Waals surface area contributed by atoms with Crippen LogP contribution in [0.5, 0.6) is 0 Å². The maximum atomic E-state index is 10.9. The Kier molecular flexibility index (Phi) is 3.08. The molecule has 1 N–H and O–H groups in total. The van der Waals surface area contributed by atoms with Gasteiger partial charge in [-0.25, -0.2) is 4.79 Å². The molecule has 2 heteroatoms. The summed E-state index contributed by atoms with van der Waals surface area (Å²) in [6, 6.07) is 15.9. The molecule has 1 aliphatic carbocycles. The lowest BCUT2D eigenvalue weighted by Crippen LogP contribution is -2.11. The quantitative estimate of drug-likeness (QED) is 0.881. The number of carboxylic acids is 1. The third-order valence-electron chi connectivity index (χ3n) is 3.93. The van der Waals surface area contributed by atoms with Crippen LogP contribution >= 0.6 is 0 Å². The standard InChI is InChI=1S/C17H16O2/c18-17(19)14-10-8-13(9-11-14)16-7-3-5-12-4-1-2-6-15(12)16/h1-2,4,6,8-11,16H,3,5,7H2,(H,18,19). The van der Waals surface area contributed by atoms with Crippen molar-refractivity contribution in [2.45, 2.75) is 25.2 Å². The fourth-order valence-corrected chi connectivity index (χ4v) is 2.96. The Balaban J connectivity index is 1.97. The lowest BCUT2D eigenvalue weighted by atomic mass is 9.79. The molecule has 19 heavy (non-hydrogen) atoms. The normalized spacial score (nSPS) is 17.8. The van der Waals surface area contributed by atoms with Crippen LogP contribution in [0, 0.1) is 0 Å². The van der Waals surface area contributed by atoms with E-state index in [0.717, 1.165) is 12.8 Å². The zero-order valence-corrected chi connectivity index (χ0v) is 10.7. The van der Waals surface area contributed by atoms with Gasteiger partial charge in [0.2, 0.25) is 0 Å². The number of carbonyl (C=O) groups is 1. The highest BCUT2D eigenvalue weighted by Crippen LogP contribution is 2.36. The molecule has 0 saturated heterocycles. The van der Waals surface area contributed by atoms with E-state index in [-0.39, 0.29) is 0 Å². The molecule has 0 aliphatic heterocycles. The number of fused-ring (bicyclic) bond motifs is 1. The summed E-state index contributed by atoms with van der Waals surface area (Å²) in [5, 5.41) is 8.94. The predicted molar refractivity (Wildman–Crippen MR) is 74.6 cm³/mol. The van der Waals surface area contributed by atoms with Gasteiger partial charge in [-0.2, -0.15) is 0 Å². The molecule has 1 atom stereocenters. The van der Waals surface area contributed by atoms with Crippen molar-refractivity contribution >= 4 is 5.97 Å². The number of rotatable bonds is 2. The van der Waals surface area contributed by atoms with Crippen molar-refractivity contribution in [1.82, 2.24) is 0 Å². The fourth-order valence-electron chi connectivity index (χ4n) is 2.96. The highest BCUT2D eigenvalue weighted by Gasteiger charge is 2.21. The zero-order valence-electron chi connectivity index (χ0n) is 10.7. The monoisotopic (exact) mass is 252 g/mol. The Morgan fingerprint density at radius 2 is 1.79 bits per heavy atom. The van der Waals surface area contributed by atoms with E-state index in [2.05, 4.69) is 24.3 Å². The van der Waals surface area contributed by atoms with Gasteiger partial charge in [-0.15, -0.1) is 0 Å². The Morgan fingerprint density at radius 3 is 2.53 bits per heavy atom. The third kappa shape index (κ3) is 2.26. The Morgan fingerprint density at radius 1 is 1.05 bits per heavy atom. The Hall–Kier alpha value is -2.09. The minimum atomic E-state index is -0.865. The van der Waals surface area contributed by atoms with E-state index in [1.165, 1.54) is 23.1 Å². The largest absolute Gasteiger partial charge is 0.478 e. The van der Waals surface area contributed by atoms with E-state index < -0.39 is 5.97 Å². The van der Waals surface area contributed by atoms with Crippen LogP contribution in [0.3, 0.4) is 0 Å². The summed E-state index contributed by atoms with van der Waals surface area (Å²) in [6.07, 6.45) is 3.49. The third-order valence-corrected chi connectivity index (χ3v) is 3.93. The summed E-state index contributed by atoms with van der Waals surface area (Å²) in [4.78, 5) is 10.9. The summed E-state index contributed by atoms with van der Waals surface area (Å²) in [7, 11) is 0. The fraction of sp³-hybridized carbons (Fsp3) is 0.235. The summed E-state index contributed by atoms with van der Waals surface area (Å²) in [6.45, 7) is 0. The molecular formula is C17H16O2. The molecule has 0 radical (unpaired) electrons. The minimum absolute atomic E-state index is 0.354. The van der Waals surface area contributed by atoms with Gasteiger partial charge >= 0.3 is 5.97 Å². The first-order valence-electron chi connectivity index (χ1n) is 6.67. The number of aryl methyl sites for hydroxylation is 1. The van der Waals surface area contributed by atoms with E-state index in [0.29, 0.717) is 11.5 Å². The van der Waals surface area contributed by atoms with E-state index in [4.69, 9.17) is 5.11 Å². The summed E-state index contributed by atoms with van der Waals surface area (Å²) < 4.78 is 0. The molecule has 0 heterocycles. The lowest BCUT2D eigenvalue weighted by Gasteiger charge is -2.25. The average Bonchev–Trinajstić information content (AvgIpc) is 2.47. The zero-order chi connectivity index (χ0) is 13.2. The summed E-state index contributed by atoms with van der Waals surface area (Å²) in [5.74, 6) is -0.455. The maximum Gasteiger partial charge on any atom is 0.335 e. The molecule has 1 aliphatic rings. The van der Waals surface area contributed by atoms with Crippen LogP contribution in [0.2, 0.25) is 0 Å². The van der Waals surface area contributed by atoms with Gasteiger partial charge in [0.15, 0.2) is 0 Å². The van der Waals surface area contributed by atoms with Crippen LogP contribution in [-0.2, 0) is 6.42 Å². The second-order valence-electron chi connectivity index (χ2n) is 5.07. The van der Waals surface area contributed by atoms with Gasteiger partial charge in [-0.1, -0.05) is 36.4 Å².